The van der Waals surface area contributed by atoms with Crippen molar-refractivity contribution in [3.63, 3.8) is 0 Å². The van der Waals surface area contributed by atoms with Crippen molar-refractivity contribution in [2.24, 2.45) is 5.92 Å². The maximum atomic E-state index is 6.39. The summed E-state index contributed by atoms with van der Waals surface area (Å²) >= 11 is 5.94. The van der Waals surface area contributed by atoms with Crippen LogP contribution in [-0.4, -0.2) is 18.7 Å². The van der Waals surface area contributed by atoms with Crippen molar-refractivity contribution in [3.8, 4) is 0 Å². The van der Waals surface area contributed by atoms with Crippen molar-refractivity contribution >= 4 is 11.6 Å². The van der Waals surface area contributed by atoms with Gasteiger partial charge in [0, 0.05) is 11.6 Å². The van der Waals surface area contributed by atoms with E-state index in [0.717, 1.165) is 24.0 Å². The minimum Gasteiger partial charge on any atom is -0.369 e. The van der Waals surface area contributed by atoms with Crippen molar-refractivity contribution in [2.75, 3.05) is 13.1 Å². The Morgan fingerprint density at radius 1 is 1.19 bits per heavy atom. The quantitative estimate of drug-likeness (QED) is 0.780. The van der Waals surface area contributed by atoms with Gasteiger partial charge >= 0.3 is 0 Å². The largest absolute Gasteiger partial charge is 0.369 e. The standard InChI is InChI=1S/C18H28ClNO/c1-3-15-9-11-18(12-10-15,14-20-4-2)21-13-16-5-7-17(19)8-6-16/h5-8,15,20H,3-4,9-14H2,1-2H3. The molecule has 2 rings (SSSR count). The van der Waals surface area contributed by atoms with Crippen LogP contribution in [0.15, 0.2) is 24.3 Å². The molecule has 0 spiro atoms. The molecule has 1 saturated carbocycles. The van der Waals surface area contributed by atoms with E-state index in [-0.39, 0.29) is 5.60 Å². The third kappa shape index (κ3) is 4.98. The topological polar surface area (TPSA) is 21.3 Å². The molecule has 1 aromatic rings. The molecule has 1 fully saturated rings. The Kier molecular flexibility index (Phi) is 6.53. The van der Waals surface area contributed by atoms with Gasteiger partial charge in [0.25, 0.3) is 0 Å². The molecule has 3 heteroatoms. The lowest BCUT2D eigenvalue weighted by Crippen LogP contribution is -2.45. The smallest absolute Gasteiger partial charge is 0.0811 e. The van der Waals surface area contributed by atoms with Gasteiger partial charge in [0.05, 0.1) is 12.2 Å². The van der Waals surface area contributed by atoms with Gasteiger partial charge < -0.3 is 10.1 Å². The lowest BCUT2D eigenvalue weighted by atomic mass is 9.77. The molecule has 0 heterocycles. The summed E-state index contributed by atoms with van der Waals surface area (Å²) in [6, 6.07) is 7.98. The van der Waals surface area contributed by atoms with Gasteiger partial charge in [-0.1, -0.05) is 44.0 Å². The number of hydrogen-bond donors (Lipinski definition) is 1. The molecule has 1 aliphatic carbocycles. The lowest BCUT2D eigenvalue weighted by molar-refractivity contribution is -0.0860. The predicted octanol–water partition coefficient (Wildman–Crippen LogP) is 4.81. The summed E-state index contributed by atoms with van der Waals surface area (Å²) < 4.78 is 6.39. The molecule has 21 heavy (non-hydrogen) atoms. The minimum absolute atomic E-state index is 0.0152. The second-order valence-corrected chi connectivity index (χ2v) is 6.67. The fourth-order valence-corrected chi connectivity index (χ4v) is 3.28. The highest BCUT2D eigenvalue weighted by Gasteiger charge is 2.35. The number of nitrogens with one attached hydrogen (secondary N) is 1. The number of ether oxygens (including phenoxy) is 1. The number of hydrogen-bond acceptors (Lipinski definition) is 2. The van der Waals surface area contributed by atoms with E-state index in [0.29, 0.717) is 6.61 Å². The third-order valence-corrected chi connectivity index (χ3v) is 5.00. The fraction of sp³-hybridized carbons (Fsp3) is 0.667. The Balaban J connectivity index is 1.94. The van der Waals surface area contributed by atoms with Gasteiger partial charge in [0.2, 0.25) is 0 Å². The van der Waals surface area contributed by atoms with Crippen molar-refractivity contribution in [1.82, 2.24) is 5.32 Å². The van der Waals surface area contributed by atoms with Crippen molar-refractivity contribution in [2.45, 2.75) is 58.2 Å². The van der Waals surface area contributed by atoms with Gasteiger partial charge in [-0.2, -0.15) is 0 Å². The van der Waals surface area contributed by atoms with Crippen LogP contribution in [0.5, 0.6) is 0 Å². The number of benzene rings is 1. The van der Waals surface area contributed by atoms with E-state index >= 15 is 0 Å². The summed E-state index contributed by atoms with van der Waals surface area (Å²) in [5.41, 5.74) is 1.22. The molecule has 0 bridgehead atoms. The number of likely N-dealkylation sites (N-methyl/N-ethyl adjacent to an activating group) is 1. The van der Waals surface area contributed by atoms with Crippen LogP contribution in [-0.2, 0) is 11.3 Å². The van der Waals surface area contributed by atoms with Crippen molar-refractivity contribution < 1.29 is 4.74 Å². The molecule has 0 radical (unpaired) electrons. The van der Waals surface area contributed by atoms with Crippen molar-refractivity contribution in [1.29, 1.82) is 0 Å². The summed E-state index contributed by atoms with van der Waals surface area (Å²) in [5.74, 6) is 0.888. The van der Waals surface area contributed by atoms with E-state index in [4.69, 9.17) is 16.3 Å². The summed E-state index contributed by atoms with van der Waals surface area (Å²) in [4.78, 5) is 0. The molecule has 1 aromatic carbocycles. The normalized spacial score (nSPS) is 26.0. The Labute approximate surface area is 134 Å². The second-order valence-electron chi connectivity index (χ2n) is 6.23. The average Bonchev–Trinajstić information content (AvgIpc) is 2.53. The molecule has 0 unspecified atom stereocenters. The van der Waals surface area contributed by atoms with Crippen LogP contribution in [0.4, 0.5) is 0 Å². The van der Waals surface area contributed by atoms with Gasteiger partial charge in [-0.3, -0.25) is 0 Å². The maximum absolute atomic E-state index is 6.39. The zero-order chi connectivity index (χ0) is 15.1. The first-order chi connectivity index (χ1) is 10.2. The summed E-state index contributed by atoms with van der Waals surface area (Å²) in [5, 5.41) is 4.27. The summed E-state index contributed by atoms with van der Waals surface area (Å²) in [7, 11) is 0. The van der Waals surface area contributed by atoms with Gasteiger partial charge in [0.15, 0.2) is 0 Å². The first-order valence-corrected chi connectivity index (χ1v) is 8.64. The summed E-state index contributed by atoms with van der Waals surface area (Å²) in [6.45, 7) is 7.11. The van der Waals surface area contributed by atoms with Gasteiger partial charge in [-0.25, -0.2) is 0 Å². The molecule has 0 atom stereocenters. The van der Waals surface area contributed by atoms with E-state index in [1.165, 1.54) is 37.7 Å². The van der Waals surface area contributed by atoms with Crippen LogP contribution in [0.3, 0.4) is 0 Å². The highest BCUT2D eigenvalue weighted by atomic mass is 35.5. The first kappa shape index (κ1) is 16.8. The van der Waals surface area contributed by atoms with Crippen LogP contribution in [0.25, 0.3) is 0 Å². The molecule has 0 amide bonds. The van der Waals surface area contributed by atoms with Crippen LogP contribution < -0.4 is 5.32 Å². The molecule has 2 nitrogen and oxygen atoms in total. The fourth-order valence-electron chi connectivity index (χ4n) is 3.15. The van der Waals surface area contributed by atoms with Crippen LogP contribution >= 0.6 is 11.6 Å². The predicted molar refractivity (Wildman–Crippen MR) is 89.8 cm³/mol. The molecular weight excluding hydrogens is 282 g/mol. The molecule has 1 aliphatic rings. The van der Waals surface area contributed by atoms with Crippen LogP contribution in [0.2, 0.25) is 5.02 Å². The van der Waals surface area contributed by atoms with E-state index in [1.807, 2.05) is 12.1 Å². The third-order valence-electron chi connectivity index (χ3n) is 4.75. The molecule has 0 saturated heterocycles. The maximum Gasteiger partial charge on any atom is 0.0811 e. The monoisotopic (exact) mass is 309 g/mol. The van der Waals surface area contributed by atoms with E-state index < -0.39 is 0 Å². The van der Waals surface area contributed by atoms with Crippen LogP contribution in [0.1, 0.15) is 51.5 Å². The van der Waals surface area contributed by atoms with Crippen molar-refractivity contribution in [3.05, 3.63) is 34.9 Å². The van der Waals surface area contributed by atoms with Crippen LogP contribution in [0, 0.1) is 5.92 Å². The Hall–Kier alpha value is -0.570. The zero-order valence-electron chi connectivity index (χ0n) is 13.3. The highest BCUT2D eigenvalue weighted by Crippen LogP contribution is 2.36. The first-order valence-electron chi connectivity index (χ1n) is 8.26. The Morgan fingerprint density at radius 2 is 1.86 bits per heavy atom. The number of halogens is 1. The molecule has 0 aromatic heterocycles. The van der Waals surface area contributed by atoms with Gasteiger partial charge in [0.1, 0.15) is 0 Å². The van der Waals surface area contributed by atoms with E-state index in [1.54, 1.807) is 0 Å². The molecular formula is C18H28ClNO. The minimum atomic E-state index is 0.0152. The molecule has 1 N–H and O–H groups in total. The Morgan fingerprint density at radius 3 is 2.43 bits per heavy atom. The molecule has 118 valence electrons. The molecule has 0 aliphatic heterocycles. The van der Waals surface area contributed by atoms with Gasteiger partial charge in [-0.15, -0.1) is 0 Å². The number of rotatable bonds is 7. The highest BCUT2D eigenvalue weighted by molar-refractivity contribution is 6.30. The van der Waals surface area contributed by atoms with Gasteiger partial charge in [-0.05, 0) is 55.8 Å². The zero-order valence-corrected chi connectivity index (χ0v) is 14.1. The Bertz CT molecular complexity index is 410. The van der Waals surface area contributed by atoms with E-state index in [2.05, 4.69) is 31.3 Å². The average molecular weight is 310 g/mol. The second kappa shape index (κ2) is 8.17. The summed E-state index contributed by atoms with van der Waals surface area (Å²) in [6.07, 6.45) is 6.23. The van der Waals surface area contributed by atoms with E-state index in [9.17, 15) is 0 Å². The SMILES string of the molecule is CCNCC1(OCc2ccc(Cl)cc2)CCC(CC)CC1. The lowest BCUT2D eigenvalue weighted by Gasteiger charge is -2.40.